The van der Waals surface area contributed by atoms with E-state index in [1.54, 1.807) is 6.92 Å². The monoisotopic (exact) mass is 250 g/mol. The van der Waals surface area contributed by atoms with Crippen molar-refractivity contribution < 1.29 is 34.7 Å². The van der Waals surface area contributed by atoms with Crippen molar-refractivity contribution in [2.45, 2.75) is 57.1 Å². The van der Waals surface area contributed by atoms with Crippen molar-refractivity contribution >= 4 is 5.97 Å². The Morgan fingerprint density at radius 2 is 1.88 bits per heavy atom. The van der Waals surface area contributed by atoms with E-state index in [1.165, 1.54) is 0 Å². The van der Waals surface area contributed by atoms with E-state index in [4.69, 9.17) is 14.6 Å². The molecule has 0 aromatic rings. The summed E-state index contributed by atoms with van der Waals surface area (Å²) >= 11 is 0. The van der Waals surface area contributed by atoms with Gasteiger partial charge in [0.1, 0.15) is 18.3 Å². The molecule has 1 aliphatic rings. The highest BCUT2D eigenvalue weighted by Crippen LogP contribution is 2.23. The minimum absolute atomic E-state index is 0.258. The number of carbonyl (C=O) groups is 1. The molecule has 1 rings (SSSR count). The number of carboxylic acids is 1. The molecule has 0 aromatic carbocycles. The Hall–Kier alpha value is -0.730. The summed E-state index contributed by atoms with van der Waals surface area (Å²) in [6, 6.07) is 0. The van der Waals surface area contributed by atoms with Crippen LogP contribution in [0.4, 0.5) is 0 Å². The van der Waals surface area contributed by atoms with Crippen LogP contribution in [0.1, 0.15) is 20.3 Å². The Morgan fingerprint density at radius 1 is 1.29 bits per heavy atom. The van der Waals surface area contributed by atoms with Crippen LogP contribution in [0.25, 0.3) is 0 Å². The van der Waals surface area contributed by atoms with Gasteiger partial charge in [0.2, 0.25) is 0 Å². The number of aliphatic hydroxyl groups excluding tert-OH is 3. The van der Waals surface area contributed by atoms with Crippen LogP contribution < -0.4 is 0 Å². The lowest BCUT2D eigenvalue weighted by atomic mass is 9.99. The largest absolute Gasteiger partial charge is 0.479 e. The SMILES string of the molecule is CCC(C)O[C@@H]1OC(C(=O)O)[C@@H](O)C(O)[C@@H]1O. The molecule has 0 aromatic heterocycles. The maximum atomic E-state index is 10.8. The van der Waals surface area contributed by atoms with Gasteiger partial charge in [-0.15, -0.1) is 0 Å². The highest BCUT2D eigenvalue weighted by Gasteiger charge is 2.47. The molecule has 7 nitrogen and oxygen atoms in total. The molecule has 100 valence electrons. The normalized spacial score (nSPS) is 39.9. The van der Waals surface area contributed by atoms with Crippen LogP contribution in [0.15, 0.2) is 0 Å². The zero-order valence-corrected chi connectivity index (χ0v) is 9.68. The molecular weight excluding hydrogens is 232 g/mol. The molecule has 0 saturated carbocycles. The van der Waals surface area contributed by atoms with Crippen LogP contribution in [0, 0.1) is 0 Å². The van der Waals surface area contributed by atoms with E-state index in [-0.39, 0.29) is 6.10 Å². The fraction of sp³-hybridized carbons (Fsp3) is 0.900. The average Bonchev–Trinajstić information content (AvgIpc) is 2.29. The van der Waals surface area contributed by atoms with E-state index in [9.17, 15) is 20.1 Å². The molecule has 7 heteroatoms. The number of aliphatic hydroxyl groups is 3. The lowest BCUT2D eigenvalue weighted by Crippen LogP contribution is -2.60. The van der Waals surface area contributed by atoms with Crippen LogP contribution in [0.5, 0.6) is 0 Å². The van der Waals surface area contributed by atoms with Gasteiger partial charge < -0.3 is 29.9 Å². The first-order valence-corrected chi connectivity index (χ1v) is 5.46. The summed E-state index contributed by atoms with van der Waals surface area (Å²) < 4.78 is 10.2. The zero-order valence-electron chi connectivity index (χ0n) is 9.68. The Labute approximate surface area is 98.6 Å². The Bertz CT molecular complexity index is 269. The maximum Gasteiger partial charge on any atom is 0.335 e. The van der Waals surface area contributed by atoms with Crippen molar-refractivity contribution in [1.82, 2.24) is 0 Å². The minimum atomic E-state index is -1.68. The molecule has 3 unspecified atom stereocenters. The zero-order chi connectivity index (χ0) is 13.2. The van der Waals surface area contributed by atoms with Gasteiger partial charge in [-0.2, -0.15) is 0 Å². The van der Waals surface area contributed by atoms with Gasteiger partial charge in [0.25, 0.3) is 0 Å². The molecule has 4 N–H and O–H groups in total. The third kappa shape index (κ3) is 3.14. The molecule has 1 saturated heterocycles. The predicted molar refractivity (Wildman–Crippen MR) is 55.2 cm³/mol. The number of carboxylic acid groups (broad SMARTS) is 1. The number of hydrogen-bond acceptors (Lipinski definition) is 6. The summed E-state index contributed by atoms with van der Waals surface area (Å²) in [4.78, 5) is 10.8. The lowest BCUT2D eigenvalue weighted by Gasteiger charge is -2.39. The van der Waals surface area contributed by atoms with E-state index >= 15 is 0 Å². The quantitative estimate of drug-likeness (QED) is 0.489. The third-order valence-electron chi connectivity index (χ3n) is 2.75. The Balaban J connectivity index is 2.74. The highest BCUT2D eigenvalue weighted by molar-refractivity contribution is 5.73. The van der Waals surface area contributed by atoms with E-state index in [1.807, 2.05) is 6.92 Å². The summed E-state index contributed by atoms with van der Waals surface area (Å²) in [6.07, 6.45) is -7.26. The Kier molecular flexibility index (Phi) is 4.84. The van der Waals surface area contributed by atoms with Gasteiger partial charge in [-0.05, 0) is 13.3 Å². The molecule has 1 fully saturated rings. The van der Waals surface area contributed by atoms with Crippen molar-refractivity contribution in [1.29, 1.82) is 0 Å². The summed E-state index contributed by atoms with van der Waals surface area (Å²) in [5, 5.41) is 37.3. The van der Waals surface area contributed by atoms with Gasteiger partial charge in [0.15, 0.2) is 12.4 Å². The van der Waals surface area contributed by atoms with Crippen LogP contribution in [0.3, 0.4) is 0 Å². The summed E-state index contributed by atoms with van der Waals surface area (Å²) in [5.41, 5.74) is 0. The maximum absolute atomic E-state index is 10.8. The van der Waals surface area contributed by atoms with E-state index in [0.717, 1.165) is 0 Å². The van der Waals surface area contributed by atoms with Gasteiger partial charge in [0.05, 0.1) is 6.10 Å². The molecule has 6 atom stereocenters. The highest BCUT2D eigenvalue weighted by atomic mass is 16.7. The molecular formula is C10H18O7. The summed E-state index contributed by atoms with van der Waals surface area (Å²) in [5.74, 6) is -1.42. The molecule has 17 heavy (non-hydrogen) atoms. The first kappa shape index (κ1) is 14.3. The fourth-order valence-electron chi connectivity index (χ4n) is 1.49. The molecule has 0 amide bonds. The van der Waals surface area contributed by atoms with Gasteiger partial charge in [0, 0.05) is 0 Å². The first-order chi connectivity index (χ1) is 7.88. The smallest absolute Gasteiger partial charge is 0.335 e. The standard InChI is InChI=1S/C10H18O7/c1-3-4(2)16-10-7(13)5(11)6(12)8(17-10)9(14)15/h4-8,10-13H,3H2,1-2H3,(H,14,15)/t4?,5?,6-,7-,8?,10+/m0/s1. The van der Waals surface area contributed by atoms with E-state index in [2.05, 4.69) is 0 Å². The second kappa shape index (κ2) is 5.74. The second-order valence-corrected chi connectivity index (χ2v) is 4.09. The molecule has 1 aliphatic heterocycles. The third-order valence-corrected chi connectivity index (χ3v) is 2.75. The Morgan fingerprint density at radius 3 is 2.35 bits per heavy atom. The van der Waals surface area contributed by atoms with Crippen LogP contribution in [-0.2, 0) is 14.3 Å². The summed E-state index contributed by atoms with van der Waals surface area (Å²) in [6.45, 7) is 3.57. The number of ether oxygens (including phenoxy) is 2. The first-order valence-electron chi connectivity index (χ1n) is 5.46. The molecule has 0 bridgehead atoms. The van der Waals surface area contributed by atoms with Crippen molar-refractivity contribution in [3.8, 4) is 0 Å². The van der Waals surface area contributed by atoms with Crippen LogP contribution in [-0.4, -0.2) is 63.2 Å². The molecule has 0 aliphatic carbocycles. The van der Waals surface area contributed by atoms with Crippen LogP contribution >= 0.6 is 0 Å². The van der Waals surface area contributed by atoms with Crippen molar-refractivity contribution in [2.75, 3.05) is 0 Å². The lowest BCUT2D eigenvalue weighted by molar-refractivity contribution is -0.303. The predicted octanol–water partition coefficient (Wildman–Crippen LogP) is -1.31. The van der Waals surface area contributed by atoms with Gasteiger partial charge in [-0.25, -0.2) is 4.79 Å². The van der Waals surface area contributed by atoms with Crippen LogP contribution in [0.2, 0.25) is 0 Å². The minimum Gasteiger partial charge on any atom is -0.479 e. The average molecular weight is 250 g/mol. The molecule has 0 radical (unpaired) electrons. The number of aliphatic carboxylic acids is 1. The fourth-order valence-corrected chi connectivity index (χ4v) is 1.49. The van der Waals surface area contributed by atoms with Crippen molar-refractivity contribution in [3.63, 3.8) is 0 Å². The summed E-state index contributed by atoms with van der Waals surface area (Å²) in [7, 11) is 0. The number of hydrogen-bond donors (Lipinski definition) is 4. The molecule has 0 spiro atoms. The van der Waals surface area contributed by atoms with Gasteiger partial charge in [-0.3, -0.25) is 0 Å². The topological polar surface area (TPSA) is 116 Å². The van der Waals surface area contributed by atoms with Crippen molar-refractivity contribution in [2.24, 2.45) is 0 Å². The van der Waals surface area contributed by atoms with E-state index < -0.39 is 36.7 Å². The van der Waals surface area contributed by atoms with E-state index in [0.29, 0.717) is 6.42 Å². The number of rotatable bonds is 4. The van der Waals surface area contributed by atoms with Crippen molar-refractivity contribution in [3.05, 3.63) is 0 Å². The van der Waals surface area contributed by atoms with Gasteiger partial charge >= 0.3 is 5.97 Å². The molecule has 1 heterocycles. The second-order valence-electron chi connectivity index (χ2n) is 4.09. The van der Waals surface area contributed by atoms with Gasteiger partial charge in [-0.1, -0.05) is 6.92 Å².